The van der Waals surface area contributed by atoms with Crippen LogP contribution in [0.4, 0.5) is 0 Å². The molecule has 1 N–H and O–H groups in total. The van der Waals surface area contributed by atoms with Crippen LogP contribution in [0.5, 0.6) is 0 Å². The monoisotopic (exact) mass is 205 g/mol. The summed E-state index contributed by atoms with van der Waals surface area (Å²) in [6.45, 7) is 3.49. The maximum Gasteiger partial charge on any atom is 0.108 e. The van der Waals surface area contributed by atoms with Gasteiger partial charge in [-0.3, -0.25) is 0 Å². The van der Waals surface area contributed by atoms with E-state index in [0.717, 1.165) is 6.54 Å². The number of aryl methyl sites for hydroxylation is 2. The molecule has 0 radical (unpaired) electrons. The van der Waals surface area contributed by atoms with E-state index in [9.17, 15) is 0 Å². The minimum Gasteiger partial charge on any atom is -0.335 e. The molecular formula is C12H19N3. The summed E-state index contributed by atoms with van der Waals surface area (Å²) in [5, 5.41) is 3.46. The molecule has 0 bridgehead atoms. The zero-order chi connectivity index (χ0) is 10.1. The molecule has 2 aliphatic rings. The fourth-order valence-corrected chi connectivity index (χ4v) is 2.74. The van der Waals surface area contributed by atoms with Crippen molar-refractivity contribution in [3.8, 4) is 0 Å². The van der Waals surface area contributed by atoms with Crippen LogP contribution in [0.1, 0.15) is 43.1 Å². The summed E-state index contributed by atoms with van der Waals surface area (Å²) in [7, 11) is 0. The molecule has 1 unspecified atom stereocenters. The normalized spacial score (nSPS) is 26.3. The molecule has 0 amide bonds. The maximum absolute atomic E-state index is 4.80. The molecule has 0 aliphatic carbocycles. The van der Waals surface area contributed by atoms with Crippen LogP contribution in [-0.4, -0.2) is 22.6 Å². The van der Waals surface area contributed by atoms with Crippen LogP contribution in [0, 0.1) is 0 Å². The van der Waals surface area contributed by atoms with Crippen LogP contribution in [0.15, 0.2) is 6.20 Å². The van der Waals surface area contributed by atoms with E-state index in [1.54, 1.807) is 0 Å². The highest BCUT2D eigenvalue weighted by atomic mass is 15.1. The van der Waals surface area contributed by atoms with Crippen molar-refractivity contribution in [3.05, 3.63) is 17.7 Å². The molecule has 82 valence electrons. The fraction of sp³-hybridized carbons (Fsp3) is 0.750. The molecule has 0 saturated carbocycles. The van der Waals surface area contributed by atoms with Gasteiger partial charge in [0.2, 0.25) is 0 Å². The van der Waals surface area contributed by atoms with Crippen molar-refractivity contribution >= 4 is 0 Å². The van der Waals surface area contributed by atoms with Crippen LogP contribution >= 0.6 is 0 Å². The molecule has 1 fully saturated rings. The number of nitrogens with one attached hydrogen (secondary N) is 1. The Morgan fingerprint density at radius 3 is 3.13 bits per heavy atom. The Morgan fingerprint density at radius 2 is 2.33 bits per heavy atom. The summed E-state index contributed by atoms with van der Waals surface area (Å²) in [6.07, 6.45) is 8.73. The molecule has 3 heteroatoms. The largest absolute Gasteiger partial charge is 0.335 e. The highest BCUT2D eigenvalue weighted by molar-refractivity contribution is 5.12. The number of imidazole rings is 1. The molecule has 1 aromatic rings. The third-order valence-corrected chi connectivity index (χ3v) is 3.64. The lowest BCUT2D eigenvalue weighted by Crippen LogP contribution is -2.28. The number of fused-ring (bicyclic) bond motifs is 1. The number of hydrogen-bond donors (Lipinski definition) is 1. The van der Waals surface area contributed by atoms with E-state index in [1.165, 1.54) is 56.7 Å². The molecule has 3 nitrogen and oxygen atoms in total. The quantitative estimate of drug-likeness (QED) is 0.756. The highest BCUT2D eigenvalue weighted by Crippen LogP contribution is 2.24. The lowest BCUT2D eigenvalue weighted by molar-refractivity contribution is 0.455. The van der Waals surface area contributed by atoms with Gasteiger partial charge in [0.15, 0.2) is 0 Å². The van der Waals surface area contributed by atoms with Crippen molar-refractivity contribution in [2.45, 2.75) is 44.6 Å². The minimum absolute atomic E-state index is 0.664. The van der Waals surface area contributed by atoms with Gasteiger partial charge in [0.1, 0.15) is 5.82 Å². The fourth-order valence-electron chi connectivity index (χ4n) is 2.74. The molecule has 3 heterocycles. The minimum atomic E-state index is 0.664. The zero-order valence-electron chi connectivity index (χ0n) is 9.21. The van der Waals surface area contributed by atoms with Crippen molar-refractivity contribution in [1.82, 2.24) is 14.9 Å². The first-order chi connectivity index (χ1) is 7.43. The second-order valence-corrected chi connectivity index (χ2v) is 4.78. The van der Waals surface area contributed by atoms with E-state index in [-0.39, 0.29) is 0 Å². The Hall–Kier alpha value is -0.830. The van der Waals surface area contributed by atoms with Crippen molar-refractivity contribution in [2.24, 2.45) is 0 Å². The summed E-state index contributed by atoms with van der Waals surface area (Å²) in [5.74, 6) is 1.98. The molecule has 3 rings (SSSR count). The van der Waals surface area contributed by atoms with Gasteiger partial charge >= 0.3 is 0 Å². The Bertz CT molecular complexity index is 313. The first-order valence-corrected chi connectivity index (χ1v) is 6.20. The van der Waals surface area contributed by atoms with E-state index in [0.29, 0.717) is 5.92 Å². The van der Waals surface area contributed by atoms with E-state index in [1.807, 2.05) is 0 Å². The second kappa shape index (κ2) is 3.97. The predicted molar refractivity (Wildman–Crippen MR) is 60.0 cm³/mol. The molecule has 0 spiro atoms. The van der Waals surface area contributed by atoms with E-state index >= 15 is 0 Å². The molecule has 15 heavy (non-hydrogen) atoms. The van der Waals surface area contributed by atoms with Crippen molar-refractivity contribution < 1.29 is 0 Å². The first-order valence-electron chi connectivity index (χ1n) is 6.20. The molecule has 1 saturated heterocycles. The average molecular weight is 205 g/mol. The van der Waals surface area contributed by atoms with E-state index < -0.39 is 0 Å². The molecule has 0 aromatic carbocycles. The van der Waals surface area contributed by atoms with Crippen molar-refractivity contribution in [3.63, 3.8) is 0 Å². The summed E-state index contributed by atoms with van der Waals surface area (Å²) in [5.41, 5.74) is 1.33. The van der Waals surface area contributed by atoms with E-state index in [4.69, 9.17) is 4.98 Å². The number of aromatic nitrogens is 2. The predicted octanol–water partition coefficient (Wildman–Crippen LogP) is 1.69. The maximum atomic E-state index is 4.80. The number of hydrogen-bond acceptors (Lipinski definition) is 2. The zero-order valence-corrected chi connectivity index (χ0v) is 9.21. The molecule has 1 aromatic heterocycles. The second-order valence-electron chi connectivity index (χ2n) is 4.78. The smallest absolute Gasteiger partial charge is 0.108 e. The van der Waals surface area contributed by atoms with Gasteiger partial charge in [-0.05, 0) is 32.2 Å². The molecular weight excluding hydrogens is 186 g/mol. The standard InChI is InChI=1S/C12H19N3/c1-2-7-15-9-11(14-12(15)5-1)10-4-3-6-13-8-10/h9-10,13H,1-8H2. The lowest BCUT2D eigenvalue weighted by Gasteiger charge is -2.20. The number of rotatable bonds is 1. The van der Waals surface area contributed by atoms with Crippen LogP contribution in [0.3, 0.4) is 0 Å². The first kappa shape index (κ1) is 9.40. The van der Waals surface area contributed by atoms with Crippen LogP contribution in [-0.2, 0) is 13.0 Å². The average Bonchev–Trinajstić information content (AvgIpc) is 2.74. The van der Waals surface area contributed by atoms with Crippen LogP contribution in [0.25, 0.3) is 0 Å². The lowest BCUT2D eigenvalue weighted by atomic mass is 9.97. The topological polar surface area (TPSA) is 29.9 Å². The van der Waals surface area contributed by atoms with Crippen molar-refractivity contribution in [2.75, 3.05) is 13.1 Å². The highest BCUT2D eigenvalue weighted by Gasteiger charge is 2.20. The number of nitrogens with zero attached hydrogens (tertiary/aromatic N) is 2. The van der Waals surface area contributed by atoms with Gasteiger partial charge in [-0.2, -0.15) is 0 Å². The summed E-state index contributed by atoms with van der Waals surface area (Å²) in [4.78, 5) is 4.80. The van der Waals surface area contributed by atoms with Gasteiger partial charge in [-0.1, -0.05) is 0 Å². The Kier molecular flexibility index (Phi) is 2.49. The van der Waals surface area contributed by atoms with Gasteiger partial charge in [-0.15, -0.1) is 0 Å². The van der Waals surface area contributed by atoms with Gasteiger partial charge in [0, 0.05) is 31.6 Å². The molecule has 1 atom stereocenters. The van der Waals surface area contributed by atoms with Crippen molar-refractivity contribution in [1.29, 1.82) is 0 Å². The summed E-state index contributed by atoms with van der Waals surface area (Å²) >= 11 is 0. The van der Waals surface area contributed by atoms with Crippen LogP contribution < -0.4 is 5.32 Å². The third-order valence-electron chi connectivity index (χ3n) is 3.64. The summed E-state index contributed by atoms with van der Waals surface area (Å²) < 4.78 is 2.37. The number of piperidine rings is 1. The molecule has 2 aliphatic heterocycles. The van der Waals surface area contributed by atoms with Crippen LogP contribution in [0.2, 0.25) is 0 Å². The Labute approximate surface area is 90.9 Å². The Morgan fingerprint density at radius 1 is 1.33 bits per heavy atom. The van der Waals surface area contributed by atoms with Gasteiger partial charge in [-0.25, -0.2) is 4.98 Å². The SMILES string of the molecule is c1c(C2CCCNC2)nc2n1CCCC2. The van der Waals surface area contributed by atoms with Gasteiger partial charge in [0.25, 0.3) is 0 Å². The Balaban J connectivity index is 1.82. The van der Waals surface area contributed by atoms with Gasteiger partial charge < -0.3 is 9.88 Å². The van der Waals surface area contributed by atoms with Gasteiger partial charge in [0.05, 0.1) is 5.69 Å². The van der Waals surface area contributed by atoms with E-state index in [2.05, 4.69) is 16.1 Å². The summed E-state index contributed by atoms with van der Waals surface area (Å²) in [6, 6.07) is 0. The third kappa shape index (κ3) is 1.81.